The van der Waals surface area contributed by atoms with Crippen molar-refractivity contribution in [1.29, 1.82) is 0 Å². The van der Waals surface area contributed by atoms with E-state index in [4.69, 9.17) is 65.4 Å². The average molecular weight is 1750 g/mol. The minimum atomic E-state index is -5.04. The molecule has 0 bridgehead atoms. The number of ether oxygens (including phenoxy) is 4. The van der Waals surface area contributed by atoms with Gasteiger partial charge in [0, 0.05) is 85.1 Å². The van der Waals surface area contributed by atoms with Gasteiger partial charge in [-0.2, -0.15) is 8.78 Å². The molecule has 29 heteroatoms. The van der Waals surface area contributed by atoms with Gasteiger partial charge in [-0.1, -0.05) is 136 Å². The minimum Gasteiger partial charge on any atom is -0.490 e. The highest BCUT2D eigenvalue weighted by atomic mass is 35.5. The van der Waals surface area contributed by atoms with E-state index in [0.717, 1.165) is 86.8 Å². The number of halogens is 14. The van der Waals surface area contributed by atoms with Gasteiger partial charge in [0.1, 0.15) is 38.5 Å². The molecule has 12 nitrogen and oxygen atoms in total. The minimum absolute atomic E-state index is 0.0485. The number of hydrogen-bond acceptors (Lipinski definition) is 11. The number of sulfonamides is 1. The Kier molecular flexibility index (Phi) is 25.6. The highest BCUT2D eigenvalue weighted by molar-refractivity contribution is 7.93. The largest absolute Gasteiger partial charge is 0.490 e. The van der Waals surface area contributed by atoms with Gasteiger partial charge in [-0.3, -0.25) is 4.79 Å². The molecule has 0 spiro atoms. The molecule has 8 aliphatic rings. The number of benzene rings is 8. The van der Waals surface area contributed by atoms with Crippen LogP contribution in [0.25, 0.3) is 0 Å². The Morgan fingerprint density at radius 1 is 0.414 bits per heavy atom. The van der Waals surface area contributed by atoms with Gasteiger partial charge in [0.15, 0.2) is 65.9 Å². The van der Waals surface area contributed by atoms with Gasteiger partial charge in [-0.25, -0.2) is 65.1 Å². The molecule has 4 aliphatic carbocycles. The summed E-state index contributed by atoms with van der Waals surface area (Å²) >= 11 is 23.9. The summed E-state index contributed by atoms with van der Waals surface area (Å²) in [6, 6.07) is 34.5. The zero-order valence-corrected chi connectivity index (χ0v) is 69.3. The van der Waals surface area contributed by atoms with Crippen LogP contribution in [-0.2, 0) is 67.7 Å². The maximum atomic E-state index is 15.3. The lowest BCUT2D eigenvalue weighted by atomic mass is 9.55. The van der Waals surface area contributed by atoms with Gasteiger partial charge in [0.05, 0.1) is 47.3 Å². The van der Waals surface area contributed by atoms with Gasteiger partial charge in [-0.05, 0) is 208 Å². The Balaban J connectivity index is 0.000000135. The van der Waals surface area contributed by atoms with Crippen LogP contribution in [0.2, 0.25) is 20.1 Å². The number of carbonyl (C=O) groups is 1. The van der Waals surface area contributed by atoms with Gasteiger partial charge in [0.2, 0.25) is 0 Å². The monoisotopic (exact) mass is 1750 g/mol. The molecule has 116 heavy (non-hydrogen) atoms. The molecule has 4 saturated carbocycles. The molecule has 0 unspecified atom stereocenters. The van der Waals surface area contributed by atoms with Crippen LogP contribution in [-0.4, -0.2) is 69.3 Å². The lowest BCUT2D eigenvalue weighted by Crippen LogP contribution is -2.56. The number of alkyl halides is 2. The third-order valence-corrected chi connectivity index (χ3v) is 33.4. The van der Waals surface area contributed by atoms with Crippen LogP contribution in [0.5, 0.6) is 23.0 Å². The first kappa shape index (κ1) is 86.7. The normalized spacial score (nSPS) is 26.3. The van der Waals surface area contributed by atoms with Crippen molar-refractivity contribution in [3.8, 4) is 23.0 Å². The summed E-state index contributed by atoms with van der Waals surface area (Å²) in [5, 5.41) is -2.09. The fourth-order valence-electron chi connectivity index (χ4n) is 20.4. The van der Waals surface area contributed by atoms with Crippen LogP contribution < -0.4 is 23.7 Å². The quantitative estimate of drug-likeness (QED) is 0.0970. The topological polar surface area (TPSA) is 168 Å². The molecule has 4 fully saturated rings. The summed E-state index contributed by atoms with van der Waals surface area (Å²) < 4.78 is 246. The zero-order chi connectivity index (χ0) is 83.4. The Labute approximate surface area is 689 Å². The van der Waals surface area contributed by atoms with Crippen LogP contribution in [0.4, 0.5) is 43.9 Å². The van der Waals surface area contributed by atoms with Crippen LogP contribution in [0, 0.1) is 93.9 Å². The molecule has 0 saturated heterocycles. The summed E-state index contributed by atoms with van der Waals surface area (Å²) in [6.07, 6.45) is 10.7. The highest BCUT2D eigenvalue weighted by Crippen LogP contribution is 2.62. The van der Waals surface area contributed by atoms with E-state index in [9.17, 15) is 65.2 Å². The number of hydrogen-bond donors (Lipinski definition) is 1. The summed E-state index contributed by atoms with van der Waals surface area (Å²) in [6.45, 7) is 5.82. The summed E-state index contributed by atoms with van der Waals surface area (Å²) in [5.41, 5.74) is 1.47. The van der Waals surface area contributed by atoms with Crippen molar-refractivity contribution in [1.82, 2.24) is 4.72 Å². The second kappa shape index (κ2) is 34.2. The van der Waals surface area contributed by atoms with Crippen molar-refractivity contribution < 1.29 is 92.9 Å². The van der Waals surface area contributed by atoms with E-state index in [0.29, 0.717) is 76.9 Å². The second-order valence-corrected chi connectivity index (χ2v) is 39.9. The number of fused-ring (bicyclic) bond motifs is 12. The summed E-state index contributed by atoms with van der Waals surface area (Å²) in [4.78, 5) is 12.1. The molecule has 0 amide bonds. The Morgan fingerprint density at radius 3 is 1.08 bits per heavy atom. The highest BCUT2D eigenvalue weighted by Gasteiger charge is 2.64. The zero-order valence-electron chi connectivity index (χ0n) is 63.8. The van der Waals surface area contributed by atoms with E-state index >= 15 is 8.78 Å². The van der Waals surface area contributed by atoms with Crippen LogP contribution in [0.3, 0.4) is 0 Å². The van der Waals surface area contributed by atoms with E-state index in [1.165, 1.54) is 79.7 Å². The molecule has 4 heterocycles. The number of rotatable bonds is 15. The Bertz CT molecular complexity index is 5210. The second-order valence-electron chi connectivity index (χ2n) is 31.8. The smallest absolute Gasteiger partial charge is 0.356 e. The maximum absolute atomic E-state index is 15.3. The predicted molar refractivity (Wildman–Crippen MR) is 424 cm³/mol. The van der Waals surface area contributed by atoms with Crippen LogP contribution >= 0.6 is 46.4 Å². The molecular weight excluding hydrogens is 1660 g/mol. The maximum Gasteiger partial charge on any atom is 0.356 e. The molecule has 1 N–H and O–H groups in total. The molecule has 12 atom stereocenters. The lowest BCUT2D eigenvalue weighted by molar-refractivity contribution is -0.125. The SMILES string of the molecule is CC(=O)[C@@H]1CCC[C@@]2(S(=O)(=O)c3ccc(Cl)cc3)c3c(F)ccc(F)c3OC[C@@H]12.CC(F)(F)S(=O)(=O)NC[C@@H]1CCC[C@@]2(S(=O)(=O)c3ccc(Cl)cc3)c3c(F)ccc(F)c3OC[C@@H]12.CC[C@@H]1CCC[C@@]2(Cc3ccc(Cl)cc3)c3c(F)ccc(F)c3OC[C@@H]12.CC[C@H]1CCC[C@]2(Cc3ccc(Cl)cc3)c3c(F)ccc(F)c3OC[C@H]12. The number of sulfone groups is 2. The molecule has 8 aromatic carbocycles. The number of Topliss-reactive ketones (excluding diaryl/α,β-unsaturated/α-hetero) is 1. The molecule has 8 aromatic rings. The Morgan fingerprint density at radius 2 is 0.716 bits per heavy atom. The predicted octanol–water partition coefficient (Wildman–Crippen LogP) is 21.9. The van der Waals surface area contributed by atoms with Crippen LogP contribution in [0.15, 0.2) is 155 Å². The first-order valence-corrected chi connectivity index (χ1v) is 44.8. The van der Waals surface area contributed by atoms with Crippen molar-refractivity contribution in [2.45, 2.75) is 166 Å². The lowest BCUT2D eigenvalue weighted by Gasteiger charge is -2.51. The third-order valence-electron chi connectivity index (χ3n) is 25.7. The molecular formula is C87H87Cl4F10NO11S3. The molecule has 16 rings (SSSR count). The van der Waals surface area contributed by atoms with Crippen molar-refractivity contribution in [2.24, 2.45) is 47.3 Å². The molecule has 0 aromatic heterocycles. The third kappa shape index (κ3) is 15.7. The first-order chi connectivity index (χ1) is 55.0. The van der Waals surface area contributed by atoms with Crippen molar-refractivity contribution >= 4 is 81.9 Å². The molecule has 4 aliphatic heterocycles. The van der Waals surface area contributed by atoms with Crippen LogP contribution in [0.1, 0.15) is 151 Å². The van der Waals surface area contributed by atoms with Gasteiger partial charge < -0.3 is 18.9 Å². The number of nitrogens with one attached hydrogen (secondary N) is 1. The number of ketones is 1. The van der Waals surface area contributed by atoms with Gasteiger partial charge >= 0.3 is 5.25 Å². The van der Waals surface area contributed by atoms with Gasteiger partial charge in [-0.15, -0.1) is 0 Å². The average Bonchev–Trinajstić information content (AvgIpc) is 0.700. The fraction of sp³-hybridized carbons (Fsp3) is 0.437. The van der Waals surface area contributed by atoms with E-state index in [2.05, 4.69) is 13.8 Å². The molecule has 622 valence electrons. The number of carbonyl (C=O) groups excluding carboxylic acids is 1. The summed E-state index contributed by atoms with van der Waals surface area (Å²) in [7, 11) is -13.7. The van der Waals surface area contributed by atoms with E-state index in [-0.39, 0.29) is 113 Å². The van der Waals surface area contributed by atoms with Crippen molar-refractivity contribution in [2.75, 3.05) is 33.0 Å². The first-order valence-electron chi connectivity index (χ1n) is 38.8. The van der Waals surface area contributed by atoms with E-state index in [1.54, 1.807) is 0 Å². The van der Waals surface area contributed by atoms with Crippen molar-refractivity contribution in [3.63, 3.8) is 0 Å². The Hall–Kier alpha value is -7.10. The van der Waals surface area contributed by atoms with Gasteiger partial charge in [0.25, 0.3) is 10.0 Å². The van der Waals surface area contributed by atoms with Crippen molar-refractivity contribution in [3.05, 3.63) is 246 Å². The summed E-state index contributed by atoms with van der Waals surface area (Å²) in [5.74, 6) is -8.12. The van der Waals surface area contributed by atoms with E-state index < -0.39 is 132 Å². The molecule has 0 radical (unpaired) electrons. The van der Waals surface area contributed by atoms with E-state index in [1.807, 2.05) is 53.3 Å². The fourth-order valence-corrected chi connectivity index (χ4v) is 26.4. The standard InChI is InChI=1S/C22H22ClF4NO5S2.2C22H23ClF2O.C21H19ClF2O4S/c1-21(26,27)35(31,32)28-11-13-3-2-10-22(34(29,30)15-6-4-14(23)5-7-15)16(13)12-33-20-18(25)9-8-17(24)19(20)22;2*1-2-15-4-3-11-22(12-14-5-7-16(23)8-6-14)17(15)13-26-21-19(25)10-9-18(24)20(21)22;1-12(25)15-3-2-10-21(29(26,27)14-6-4-13(22)5-7-14)16(15)11-28-20-18(24)9-8-17(23)19(20)21/h4-9,13,16,28H,2-3,10-12H2,1H3;2*5-10,15,17H,2-4,11-13H2,1H3;4-9,15-16H,2-3,10-11H2,1H3/t13-,16-,22-;2*15-,17+,22+;15-,16-,21-/m0100/s1.